The standard InChI is InChI=1S/C20H23ClN2O2S/c1-15(20(25)22-2)23(14-16-7-6-8-17(21)13-16)19(24)11-12-26-18-9-4-3-5-10-18/h3-10,13,15H,11-12,14H2,1-2H3,(H,22,25). The number of hydrogen-bond donors (Lipinski definition) is 1. The van der Waals surface area contributed by atoms with Crippen LogP contribution in [0.3, 0.4) is 0 Å². The molecule has 26 heavy (non-hydrogen) atoms. The molecule has 1 atom stereocenters. The minimum Gasteiger partial charge on any atom is -0.357 e. The maximum atomic E-state index is 12.8. The van der Waals surface area contributed by atoms with E-state index in [1.54, 1.807) is 36.7 Å². The Hall–Kier alpha value is -1.98. The molecule has 0 saturated carbocycles. The monoisotopic (exact) mass is 390 g/mol. The van der Waals surface area contributed by atoms with Gasteiger partial charge in [0.1, 0.15) is 6.04 Å². The van der Waals surface area contributed by atoms with Crippen molar-refractivity contribution in [2.24, 2.45) is 0 Å². The number of carbonyl (C=O) groups excluding carboxylic acids is 2. The first-order valence-corrected chi connectivity index (χ1v) is 9.81. The molecule has 0 bridgehead atoms. The lowest BCUT2D eigenvalue weighted by atomic mass is 10.1. The Bertz CT molecular complexity index is 740. The molecule has 2 aromatic carbocycles. The van der Waals surface area contributed by atoms with Crippen LogP contribution >= 0.6 is 23.4 Å². The lowest BCUT2D eigenvalue weighted by Crippen LogP contribution is -2.46. The summed E-state index contributed by atoms with van der Waals surface area (Å²) in [6.07, 6.45) is 0.363. The molecule has 0 fully saturated rings. The number of likely N-dealkylation sites (N-methyl/N-ethyl adjacent to an activating group) is 1. The van der Waals surface area contributed by atoms with Crippen LogP contribution < -0.4 is 5.32 Å². The lowest BCUT2D eigenvalue weighted by Gasteiger charge is -2.28. The van der Waals surface area contributed by atoms with Crippen LogP contribution in [0.25, 0.3) is 0 Å². The zero-order chi connectivity index (χ0) is 18.9. The SMILES string of the molecule is CNC(=O)C(C)N(Cc1cccc(Cl)c1)C(=O)CCSc1ccccc1. The molecule has 2 amide bonds. The molecule has 138 valence electrons. The van der Waals surface area contributed by atoms with Gasteiger partial charge in [-0.05, 0) is 36.8 Å². The second kappa shape index (κ2) is 10.2. The summed E-state index contributed by atoms with van der Waals surface area (Å²) < 4.78 is 0. The van der Waals surface area contributed by atoms with Gasteiger partial charge in [-0.3, -0.25) is 9.59 Å². The summed E-state index contributed by atoms with van der Waals surface area (Å²) in [6, 6.07) is 16.8. The van der Waals surface area contributed by atoms with E-state index in [0.717, 1.165) is 10.5 Å². The summed E-state index contributed by atoms with van der Waals surface area (Å²) in [5.74, 6) is 0.427. The summed E-state index contributed by atoms with van der Waals surface area (Å²) in [7, 11) is 1.58. The van der Waals surface area contributed by atoms with Gasteiger partial charge in [-0.15, -0.1) is 11.8 Å². The van der Waals surface area contributed by atoms with E-state index < -0.39 is 6.04 Å². The van der Waals surface area contributed by atoms with Crippen LogP contribution in [0.5, 0.6) is 0 Å². The van der Waals surface area contributed by atoms with Gasteiger partial charge in [0, 0.05) is 35.7 Å². The minimum atomic E-state index is -0.548. The average molecular weight is 391 g/mol. The molecule has 6 heteroatoms. The largest absolute Gasteiger partial charge is 0.357 e. The number of rotatable bonds is 8. The predicted octanol–water partition coefficient (Wildman–Crippen LogP) is 3.99. The van der Waals surface area contributed by atoms with Gasteiger partial charge < -0.3 is 10.2 Å². The Balaban J connectivity index is 2.04. The van der Waals surface area contributed by atoms with E-state index in [0.29, 0.717) is 23.7 Å². The molecular weight excluding hydrogens is 368 g/mol. The number of benzene rings is 2. The number of nitrogens with one attached hydrogen (secondary N) is 1. The van der Waals surface area contributed by atoms with Crippen molar-refractivity contribution < 1.29 is 9.59 Å². The van der Waals surface area contributed by atoms with Crippen LogP contribution in [0.2, 0.25) is 5.02 Å². The zero-order valence-electron chi connectivity index (χ0n) is 14.9. The highest BCUT2D eigenvalue weighted by atomic mass is 35.5. The molecule has 1 N–H and O–H groups in total. The topological polar surface area (TPSA) is 49.4 Å². The Labute approximate surface area is 163 Å². The molecule has 4 nitrogen and oxygen atoms in total. The van der Waals surface area contributed by atoms with Gasteiger partial charge in [0.25, 0.3) is 0 Å². The second-order valence-corrected chi connectivity index (χ2v) is 7.46. The molecule has 0 saturated heterocycles. The smallest absolute Gasteiger partial charge is 0.242 e. The Morgan fingerprint density at radius 2 is 1.88 bits per heavy atom. The number of hydrogen-bond acceptors (Lipinski definition) is 3. The summed E-state index contributed by atoms with van der Waals surface area (Å²) in [5, 5.41) is 3.23. The molecule has 0 heterocycles. The number of nitrogens with zero attached hydrogens (tertiary/aromatic N) is 1. The summed E-state index contributed by atoms with van der Waals surface area (Å²) >= 11 is 7.67. The molecule has 0 radical (unpaired) electrons. The van der Waals surface area contributed by atoms with Crippen molar-refractivity contribution in [2.75, 3.05) is 12.8 Å². The van der Waals surface area contributed by atoms with Crippen molar-refractivity contribution in [2.45, 2.75) is 30.8 Å². The van der Waals surface area contributed by atoms with Crippen molar-refractivity contribution in [1.29, 1.82) is 0 Å². The summed E-state index contributed by atoms with van der Waals surface area (Å²) in [4.78, 5) is 27.6. The number of thioether (sulfide) groups is 1. The minimum absolute atomic E-state index is 0.0514. The normalized spacial score (nSPS) is 11.7. The lowest BCUT2D eigenvalue weighted by molar-refractivity contribution is -0.140. The van der Waals surface area contributed by atoms with Gasteiger partial charge in [0.2, 0.25) is 11.8 Å². The van der Waals surface area contributed by atoms with E-state index in [9.17, 15) is 9.59 Å². The second-order valence-electron chi connectivity index (χ2n) is 5.85. The molecule has 0 spiro atoms. The van der Waals surface area contributed by atoms with Gasteiger partial charge in [0.15, 0.2) is 0 Å². The number of halogens is 1. The van der Waals surface area contributed by atoms with E-state index in [1.807, 2.05) is 48.5 Å². The molecule has 0 aliphatic carbocycles. The van der Waals surface area contributed by atoms with Crippen molar-refractivity contribution >= 4 is 35.2 Å². The molecule has 2 rings (SSSR count). The maximum absolute atomic E-state index is 12.8. The highest BCUT2D eigenvalue weighted by Gasteiger charge is 2.25. The first kappa shape index (κ1) is 20.3. The van der Waals surface area contributed by atoms with Gasteiger partial charge in [-0.1, -0.05) is 41.9 Å². The molecule has 0 aliphatic rings. The third-order valence-electron chi connectivity index (χ3n) is 3.98. The van der Waals surface area contributed by atoms with E-state index >= 15 is 0 Å². The Morgan fingerprint density at radius 1 is 1.15 bits per heavy atom. The molecule has 0 aliphatic heterocycles. The Morgan fingerprint density at radius 3 is 2.54 bits per heavy atom. The summed E-state index contributed by atoms with van der Waals surface area (Å²) in [6.45, 7) is 2.09. The van der Waals surface area contributed by atoms with Gasteiger partial charge in [0.05, 0.1) is 0 Å². The van der Waals surface area contributed by atoms with E-state index in [-0.39, 0.29) is 11.8 Å². The molecule has 1 unspecified atom stereocenters. The van der Waals surface area contributed by atoms with Crippen molar-refractivity contribution in [3.8, 4) is 0 Å². The maximum Gasteiger partial charge on any atom is 0.242 e. The van der Waals surface area contributed by atoms with Crippen LogP contribution in [-0.4, -0.2) is 35.6 Å². The van der Waals surface area contributed by atoms with Crippen LogP contribution in [0.15, 0.2) is 59.5 Å². The molecule has 2 aromatic rings. The fourth-order valence-corrected chi connectivity index (χ4v) is 3.61. The number of amides is 2. The van der Waals surface area contributed by atoms with Crippen LogP contribution in [0, 0.1) is 0 Å². The third kappa shape index (κ3) is 6.07. The fraction of sp³-hybridized carbons (Fsp3) is 0.300. The van der Waals surface area contributed by atoms with Gasteiger partial charge >= 0.3 is 0 Å². The van der Waals surface area contributed by atoms with Crippen LogP contribution in [0.1, 0.15) is 18.9 Å². The predicted molar refractivity (Wildman–Crippen MR) is 107 cm³/mol. The summed E-state index contributed by atoms with van der Waals surface area (Å²) in [5.41, 5.74) is 0.900. The van der Waals surface area contributed by atoms with Crippen LogP contribution in [0.4, 0.5) is 0 Å². The zero-order valence-corrected chi connectivity index (χ0v) is 16.5. The van der Waals surface area contributed by atoms with E-state index in [2.05, 4.69) is 5.32 Å². The fourth-order valence-electron chi connectivity index (χ4n) is 2.54. The van der Waals surface area contributed by atoms with Gasteiger partial charge in [-0.25, -0.2) is 0 Å². The number of carbonyl (C=O) groups is 2. The first-order chi connectivity index (χ1) is 12.5. The van der Waals surface area contributed by atoms with Crippen molar-refractivity contribution in [1.82, 2.24) is 10.2 Å². The van der Waals surface area contributed by atoms with Gasteiger partial charge in [-0.2, -0.15) is 0 Å². The van der Waals surface area contributed by atoms with E-state index in [1.165, 1.54) is 0 Å². The first-order valence-electron chi connectivity index (χ1n) is 8.44. The highest BCUT2D eigenvalue weighted by Crippen LogP contribution is 2.20. The molecule has 0 aromatic heterocycles. The van der Waals surface area contributed by atoms with Crippen molar-refractivity contribution in [3.63, 3.8) is 0 Å². The third-order valence-corrected chi connectivity index (χ3v) is 5.23. The Kier molecular flexibility index (Phi) is 8.01. The van der Waals surface area contributed by atoms with E-state index in [4.69, 9.17) is 11.6 Å². The van der Waals surface area contributed by atoms with Crippen LogP contribution in [-0.2, 0) is 16.1 Å². The van der Waals surface area contributed by atoms with Crippen molar-refractivity contribution in [3.05, 3.63) is 65.2 Å². The quantitative estimate of drug-likeness (QED) is 0.693. The molecular formula is C20H23ClN2O2S. The average Bonchev–Trinajstić information content (AvgIpc) is 2.65. The highest BCUT2D eigenvalue weighted by molar-refractivity contribution is 7.99.